The van der Waals surface area contributed by atoms with Gasteiger partial charge in [0.2, 0.25) is 0 Å². The Morgan fingerprint density at radius 1 is 0.705 bits per heavy atom. The quantitative estimate of drug-likeness (QED) is 0.311. The summed E-state index contributed by atoms with van der Waals surface area (Å²) in [4.78, 5) is 9.30. The summed E-state index contributed by atoms with van der Waals surface area (Å²) in [6, 6.07) is 15.0. The molecule has 3 unspecified atom stereocenters. The molecule has 3 aromatic rings. The molecule has 3 atom stereocenters. The summed E-state index contributed by atoms with van der Waals surface area (Å²) in [6.07, 6.45) is 31.0. The molecule has 1 aromatic carbocycles. The topological polar surface area (TPSA) is 25.8 Å². The van der Waals surface area contributed by atoms with Crippen LogP contribution in [-0.2, 0) is 6.42 Å². The van der Waals surface area contributed by atoms with E-state index in [4.69, 9.17) is 0 Å². The maximum absolute atomic E-state index is 4.65. The molecule has 5 aliphatic rings. The van der Waals surface area contributed by atoms with E-state index in [1.54, 1.807) is 22.3 Å². The van der Waals surface area contributed by atoms with E-state index < -0.39 is 0 Å². The van der Waals surface area contributed by atoms with Crippen molar-refractivity contribution in [2.75, 3.05) is 0 Å². The van der Waals surface area contributed by atoms with Crippen molar-refractivity contribution in [3.63, 3.8) is 0 Å². The van der Waals surface area contributed by atoms with E-state index in [2.05, 4.69) is 116 Å². The average molecular weight is 573 g/mol. The Labute approximate surface area is 262 Å². The molecule has 0 N–H and O–H groups in total. The van der Waals surface area contributed by atoms with Crippen molar-refractivity contribution < 1.29 is 0 Å². The number of pyridine rings is 2. The fourth-order valence-corrected chi connectivity index (χ4v) is 7.88. The second-order valence-electron chi connectivity index (χ2n) is 14.0. The van der Waals surface area contributed by atoms with E-state index in [1.807, 2.05) is 24.5 Å². The monoisotopic (exact) mass is 572 g/mol. The number of allylic oxidation sites excluding steroid dienone is 13. The average Bonchev–Trinajstić information content (AvgIpc) is 3.07. The third kappa shape index (κ3) is 4.72. The summed E-state index contributed by atoms with van der Waals surface area (Å²) in [5, 5.41) is 0. The van der Waals surface area contributed by atoms with Gasteiger partial charge < -0.3 is 0 Å². The lowest BCUT2D eigenvalue weighted by Crippen LogP contribution is -2.24. The van der Waals surface area contributed by atoms with Gasteiger partial charge >= 0.3 is 0 Å². The van der Waals surface area contributed by atoms with Gasteiger partial charge in [-0.3, -0.25) is 9.97 Å². The second-order valence-corrected chi connectivity index (χ2v) is 14.0. The van der Waals surface area contributed by atoms with Gasteiger partial charge in [0.15, 0.2) is 0 Å². The lowest BCUT2D eigenvalue weighted by molar-refractivity contribution is 0.468. The molecular formula is C42H40N2. The standard InChI is InChI=1S/C42H40N2/c1-42(2,3)33-24-31-18-20-34-36(27-10-14-29(15-11-27)38-8-4-6-22-43-38)26-37(35-21-19-32(25-33)40(31)41(34)35)28-12-16-30(17-13-28)39-9-5-7-23-44-39/h4-14,16,18,20,22-23,25-26,29-31H,15,17,19,21,24H2,1-3H3. The number of hydrogen-bond acceptors (Lipinski definition) is 2. The normalized spacial score (nSPS) is 23.6. The molecule has 8 rings (SSSR count). The highest BCUT2D eigenvalue weighted by Gasteiger charge is 2.36. The molecule has 5 aliphatic carbocycles. The first-order valence-electron chi connectivity index (χ1n) is 16.4. The number of aromatic nitrogens is 2. The van der Waals surface area contributed by atoms with Gasteiger partial charge in [-0.15, -0.1) is 0 Å². The van der Waals surface area contributed by atoms with Crippen LogP contribution in [0.2, 0.25) is 0 Å². The van der Waals surface area contributed by atoms with Gasteiger partial charge in [0, 0.05) is 41.5 Å². The van der Waals surface area contributed by atoms with Crippen molar-refractivity contribution in [3.8, 4) is 0 Å². The van der Waals surface area contributed by atoms with Crippen molar-refractivity contribution in [1.29, 1.82) is 0 Å². The molecule has 0 fully saturated rings. The molecule has 2 heteroatoms. The van der Waals surface area contributed by atoms with Crippen LogP contribution < -0.4 is 0 Å². The summed E-state index contributed by atoms with van der Waals surface area (Å²) in [5.74, 6) is 1.13. The predicted octanol–water partition coefficient (Wildman–Crippen LogP) is 10.4. The summed E-state index contributed by atoms with van der Waals surface area (Å²) in [5.41, 5.74) is 17.2. The highest BCUT2D eigenvalue weighted by molar-refractivity contribution is 5.97. The van der Waals surface area contributed by atoms with Gasteiger partial charge in [0.25, 0.3) is 0 Å². The largest absolute Gasteiger partial charge is 0.261 e. The second kappa shape index (κ2) is 10.7. The van der Waals surface area contributed by atoms with Crippen LogP contribution in [0.5, 0.6) is 0 Å². The van der Waals surface area contributed by atoms with Gasteiger partial charge in [-0.25, -0.2) is 0 Å². The van der Waals surface area contributed by atoms with Gasteiger partial charge in [-0.2, -0.15) is 0 Å². The lowest BCUT2D eigenvalue weighted by Gasteiger charge is -2.39. The first-order valence-corrected chi connectivity index (χ1v) is 16.4. The van der Waals surface area contributed by atoms with E-state index >= 15 is 0 Å². The number of hydrogen-bond donors (Lipinski definition) is 0. The van der Waals surface area contributed by atoms with E-state index in [0.29, 0.717) is 17.8 Å². The summed E-state index contributed by atoms with van der Waals surface area (Å²) < 4.78 is 0. The zero-order chi connectivity index (χ0) is 29.8. The van der Waals surface area contributed by atoms with Crippen molar-refractivity contribution in [1.82, 2.24) is 9.97 Å². The molecule has 2 nitrogen and oxygen atoms in total. The lowest BCUT2D eigenvalue weighted by atomic mass is 9.64. The molecule has 0 saturated carbocycles. The van der Waals surface area contributed by atoms with Gasteiger partial charge in [0.1, 0.15) is 0 Å². The molecule has 0 amide bonds. The van der Waals surface area contributed by atoms with Crippen molar-refractivity contribution >= 4 is 22.8 Å². The Hall–Kier alpha value is -4.30. The Morgan fingerprint density at radius 3 is 1.91 bits per heavy atom. The van der Waals surface area contributed by atoms with E-state index in [9.17, 15) is 0 Å². The van der Waals surface area contributed by atoms with Crippen LogP contribution in [0.25, 0.3) is 22.8 Å². The minimum Gasteiger partial charge on any atom is -0.261 e. The predicted molar refractivity (Wildman–Crippen MR) is 184 cm³/mol. The Bertz CT molecular complexity index is 1850. The van der Waals surface area contributed by atoms with Crippen LogP contribution in [0.4, 0.5) is 0 Å². The molecule has 0 radical (unpaired) electrons. The highest BCUT2D eigenvalue weighted by atomic mass is 14.7. The van der Waals surface area contributed by atoms with Crippen LogP contribution in [0, 0.1) is 11.3 Å². The molecular weight excluding hydrogens is 532 g/mol. The minimum atomic E-state index is 0.198. The van der Waals surface area contributed by atoms with Gasteiger partial charge in [0.05, 0.1) is 0 Å². The summed E-state index contributed by atoms with van der Waals surface area (Å²) in [6.45, 7) is 7.11. The summed E-state index contributed by atoms with van der Waals surface area (Å²) in [7, 11) is 0. The number of benzene rings is 1. The Balaban J connectivity index is 1.25. The van der Waals surface area contributed by atoms with Crippen molar-refractivity contribution in [3.05, 3.63) is 154 Å². The molecule has 2 aromatic heterocycles. The van der Waals surface area contributed by atoms with Crippen molar-refractivity contribution in [2.45, 2.75) is 64.7 Å². The molecule has 2 heterocycles. The zero-order valence-corrected chi connectivity index (χ0v) is 26.1. The Kier molecular flexibility index (Phi) is 6.63. The zero-order valence-electron chi connectivity index (χ0n) is 26.1. The molecule has 0 aliphatic heterocycles. The van der Waals surface area contributed by atoms with Crippen LogP contribution >= 0.6 is 0 Å². The highest BCUT2D eigenvalue weighted by Crippen LogP contribution is 2.53. The third-order valence-corrected chi connectivity index (χ3v) is 10.3. The minimum absolute atomic E-state index is 0.198. The smallest absolute Gasteiger partial charge is 0.0475 e. The fourth-order valence-electron chi connectivity index (χ4n) is 7.88. The van der Waals surface area contributed by atoms with Crippen LogP contribution in [0.3, 0.4) is 0 Å². The molecule has 218 valence electrons. The summed E-state index contributed by atoms with van der Waals surface area (Å²) >= 11 is 0. The first kappa shape index (κ1) is 27.3. The van der Waals surface area contributed by atoms with E-state index in [1.165, 1.54) is 33.4 Å². The SMILES string of the molecule is CC(C)(C)C1=CC2=C3c4c(c(C5=CCC(c6ccccn6)C=C5)cc(C5=CCC(c6ccccn6)C=C5)c4CC2)C=CC3C1. The van der Waals surface area contributed by atoms with Gasteiger partial charge in [-0.05, 0) is 118 Å². The molecule has 0 bridgehead atoms. The fraction of sp³-hybridized carbons (Fsp3) is 0.286. The molecule has 0 saturated heterocycles. The maximum atomic E-state index is 4.65. The van der Waals surface area contributed by atoms with Gasteiger partial charge in [-0.1, -0.05) is 93.2 Å². The third-order valence-electron chi connectivity index (χ3n) is 10.3. The number of nitrogens with zero attached hydrogens (tertiary/aromatic N) is 2. The molecule has 44 heavy (non-hydrogen) atoms. The van der Waals surface area contributed by atoms with E-state index in [-0.39, 0.29) is 5.41 Å². The van der Waals surface area contributed by atoms with Crippen molar-refractivity contribution in [2.24, 2.45) is 11.3 Å². The Morgan fingerprint density at radius 2 is 1.34 bits per heavy atom. The molecule has 0 spiro atoms. The van der Waals surface area contributed by atoms with Crippen LogP contribution in [-0.4, -0.2) is 9.97 Å². The van der Waals surface area contributed by atoms with Crippen LogP contribution in [0.1, 0.15) is 97.5 Å². The van der Waals surface area contributed by atoms with E-state index in [0.717, 1.165) is 43.5 Å². The maximum Gasteiger partial charge on any atom is 0.0475 e. The number of rotatable bonds is 4. The first-order chi connectivity index (χ1) is 21.4. The van der Waals surface area contributed by atoms with Crippen LogP contribution in [0.15, 0.2) is 115 Å².